The Morgan fingerprint density at radius 3 is 2.51 bits per heavy atom. The van der Waals surface area contributed by atoms with Crippen molar-refractivity contribution < 1.29 is 28.2 Å². The second kappa shape index (κ2) is 11.2. The van der Waals surface area contributed by atoms with Gasteiger partial charge in [-0.05, 0) is 69.0 Å². The fourth-order valence-corrected chi connectivity index (χ4v) is 6.53. The zero-order valence-corrected chi connectivity index (χ0v) is 22.0. The normalized spacial score (nSPS) is 13.3. The van der Waals surface area contributed by atoms with Gasteiger partial charge in [0.2, 0.25) is 0 Å². The number of rotatable bonds is 11. The maximum atomic E-state index is 14.1. The summed E-state index contributed by atoms with van der Waals surface area (Å²) in [5.41, 5.74) is -0.538. The Labute approximate surface area is 209 Å². The molecule has 186 valence electrons. The quantitative estimate of drug-likeness (QED) is 0.181. The molecule has 0 aliphatic rings. The van der Waals surface area contributed by atoms with Crippen LogP contribution in [-0.4, -0.2) is 30.2 Å². The van der Waals surface area contributed by atoms with Gasteiger partial charge in [0.15, 0.2) is 0 Å². The molecular weight excluding hydrogens is 485 g/mol. The Kier molecular flexibility index (Phi) is 8.54. The van der Waals surface area contributed by atoms with E-state index < -0.39 is 25.0 Å². The zero-order chi connectivity index (χ0) is 25.6. The van der Waals surface area contributed by atoms with Gasteiger partial charge in [-0.2, -0.15) is 0 Å². The van der Waals surface area contributed by atoms with Crippen LogP contribution in [0, 0.1) is 0 Å². The number of para-hydroxylation sites is 1. The molecule has 1 aromatic heterocycles. The van der Waals surface area contributed by atoms with Gasteiger partial charge in [-0.1, -0.05) is 36.9 Å². The molecule has 0 saturated carbocycles. The van der Waals surface area contributed by atoms with Gasteiger partial charge in [-0.25, -0.2) is 9.88 Å². The number of carbonyl (C=O) groups is 2. The molecule has 0 radical (unpaired) electrons. The molecule has 0 aliphatic carbocycles. The Morgan fingerprint density at radius 2 is 1.86 bits per heavy atom. The zero-order valence-electron chi connectivity index (χ0n) is 20.3. The minimum Gasteiger partial charge on any atom is -0.462 e. The summed E-state index contributed by atoms with van der Waals surface area (Å²) in [4.78, 5) is 25.3. The van der Waals surface area contributed by atoms with E-state index in [9.17, 15) is 14.2 Å². The van der Waals surface area contributed by atoms with Crippen molar-refractivity contribution >= 4 is 40.9 Å². The second-order valence-corrected chi connectivity index (χ2v) is 11.9. The van der Waals surface area contributed by atoms with Crippen LogP contribution in [0.1, 0.15) is 42.9 Å². The first-order chi connectivity index (χ1) is 16.5. The SMILES string of the molecule is C=CCOC(=O)c1cc2cc(CP(=O)(NC(C)(C)C(=O)OC(C)C)Oc3ccccc3)ccc2s1. The van der Waals surface area contributed by atoms with Gasteiger partial charge in [0.1, 0.15) is 22.8 Å². The van der Waals surface area contributed by atoms with E-state index in [0.29, 0.717) is 10.6 Å². The Hall–Kier alpha value is -2.93. The van der Waals surface area contributed by atoms with Crippen molar-refractivity contribution in [1.82, 2.24) is 5.09 Å². The Morgan fingerprint density at radius 1 is 1.14 bits per heavy atom. The van der Waals surface area contributed by atoms with Crippen LogP contribution in [0.2, 0.25) is 0 Å². The molecule has 9 heteroatoms. The molecule has 0 amide bonds. The topological polar surface area (TPSA) is 90.9 Å². The number of benzene rings is 2. The van der Waals surface area contributed by atoms with Crippen molar-refractivity contribution in [2.75, 3.05) is 6.61 Å². The number of hydrogen-bond acceptors (Lipinski definition) is 7. The van der Waals surface area contributed by atoms with E-state index in [1.807, 2.05) is 24.3 Å². The van der Waals surface area contributed by atoms with Crippen molar-refractivity contribution in [3.05, 3.63) is 77.7 Å². The van der Waals surface area contributed by atoms with Crippen molar-refractivity contribution in [2.24, 2.45) is 0 Å². The van der Waals surface area contributed by atoms with E-state index in [0.717, 1.165) is 15.6 Å². The average Bonchev–Trinajstić information content (AvgIpc) is 3.20. The van der Waals surface area contributed by atoms with E-state index in [1.165, 1.54) is 17.4 Å². The predicted molar refractivity (Wildman–Crippen MR) is 139 cm³/mol. The highest BCUT2D eigenvalue weighted by Gasteiger charge is 2.39. The molecule has 1 atom stereocenters. The minimum absolute atomic E-state index is 0.0162. The lowest BCUT2D eigenvalue weighted by Crippen LogP contribution is -2.47. The van der Waals surface area contributed by atoms with Crippen LogP contribution in [0.4, 0.5) is 0 Å². The largest absolute Gasteiger partial charge is 0.462 e. The number of nitrogens with one attached hydrogen (secondary N) is 1. The maximum absolute atomic E-state index is 14.1. The number of hydrogen-bond donors (Lipinski definition) is 1. The fraction of sp³-hybridized carbons (Fsp3) is 0.308. The van der Waals surface area contributed by atoms with Gasteiger partial charge in [0.05, 0.1) is 12.3 Å². The van der Waals surface area contributed by atoms with E-state index >= 15 is 0 Å². The van der Waals surface area contributed by atoms with Gasteiger partial charge in [-0.3, -0.25) is 9.36 Å². The average molecular weight is 516 g/mol. The number of thiophene rings is 1. The lowest BCUT2D eigenvalue weighted by molar-refractivity contribution is -0.153. The standard InChI is InChI=1S/C26H30NO6PS/c1-6-14-31-24(28)23-16-20-15-19(12-13-22(20)35-23)17-34(30,33-21-10-8-7-9-11-21)27-26(4,5)25(29)32-18(2)3/h6-13,15-16,18H,1,14,17H2,2-5H3,(H,27,30). The van der Waals surface area contributed by atoms with Crippen LogP contribution < -0.4 is 9.61 Å². The highest BCUT2D eigenvalue weighted by molar-refractivity contribution is 7.56. The molecule has 7 nitrogen and oxygen atoms in total. The molecule has 35 heavy (non-hydrogen) atoms. The van der Waals surface area contributed by atoms with Crippen molar-refractivity contribution in [3.8, 4) is 5.75 Å². The monoisotopic (exact) mass is 515 g/mol. The summed E-state index contributed by atoms with van der Waals surface area (Å²) in [6.45, 7) is 10.4. The lowest BCUT2D eigenvalue weighted by atomic mass is 10.1. The number of ether oxygens (including phenoxy) is 2. The van der Waals surface area contributed by atoms with E-state index in [4.69, 9.17) is 14.0 Å². The van der Waals surface area contributed by atoms with Crippen molar-refractivity contribution in [2.45, 2.75) is 45.5 Å². The van der Waals surface area contributed by atoms with Crippen LogP contribution in [0.3, 0.4) is 0 Å². The van der Waals surface area contributed by atoms with Gasteiger partial charge >= 0.3 is 19.5 Å². The molecule has 0 fully saturated rings. The Bertz CT molecular complexity index is 1250. The summed E-state index contributed by atoms with van der Waals surface area (Å²) in [5, 5.41) is 3.77. The highest BCUT2D eigenvalue weighted by atomic mass is 32.1. The minimum atomic E-state index is -3.64. The molecular formula is C26H30NO6PS. The number of esters is 2. The van der Waals surface area contributed by atoms with Gasteiger partial charge in [0.25, 0.3) is 0 Å². The molecule has 2 aromatic carbocycles. The molecule has 0 bridgehead atoms. The highest BCUT2D eigenvalue weighted by Crippen LogP contribution is 2.49. The summed E-state index contributed by atoms with van der Waals surface area (Å²) < 4.78 is 31.4. The molecule has 3 aromatic rings. The third kappa shape index (κ3) is 7.28. The number of fused-ring (bicyclic) bond motifs is 1. The summed E-state index contributed by atoms with van der Waals surface area (Å²) >= 11 is 1.32. The van der Waals surface area contributed by atoms with Crippen LogP contribution in [0.5, 0.6) is 5.75 Å². The maximum Gasteiger partial charge on any atom is 0.348 e. The van der Waals surface area contributed by atoms with Crippen LogP contribution >= 0.6 is 18.9 Å². The fourth-order valence-electron chi connectivity index (χ4n) is 3.32. The Balaban J connectivity index is 1.90. The van der Waals surface area contributed by atoms with E-state index in [1.54, 1.807) is 58.0 Å². The smallest absolute Gasteiger partial charge is 0.348 e. The molecule has 1 heterocycles. The molecule has 3 rings (SSSR count). The van der Waals surface area contributed by atoms with E-state index in [2.05, 4.69) is 11.7 Å². The summed E-state index contributed by atoms with van der Waals surface area (Å²) in [7, 11) is -3.64. The predicted octanol–water partition coefficient (Wildman–Crippen LogP) is 6.34. The summed E-state index contributed by atoms with van der Waals surface area (Å²) in [6, 6.07) is 16.1. The van der Waals surface area contributed by atoms with Crippen LogP contribution in [-0.2, 0) is 25.0 Å². The first kappa shape index (κ1) is 26.7. The molecule has 0 aliphatic heterocycles. The van der Waals surface area contributed by atoms with Crippen molar-refractivity contribution in [1.29, 1.82) is 0 Å². The van der Waals surface area contributed by atoms with Crippen LogP contribution in [0.25, 0.3) is 10.1 Å². The number of carbonyl (C=O) groups excluding carboxylic acids is 2. The molecule has 1 N–H and O–H groups in total. The van der Waals surface area contributed by atoms with Gasteiger partial charge in [-0.15, -0.1) is 11.3 Å². The summed E-state index contributed by atoms with van der Waals surface area (Å²) in [5.74, 6) is -0.529. The van der Waals surface area contributed by atoms with Gasteiger partial charge in [0, 0.05) is 4.70 Å². The lowest BCUT2D eigenvalue weighted by Gasteiger charge is -2.30. The first-order valence-corrected chi connectivity index (χ1v) is 13.8. The second-order valence-electron chi connectivity index (χ2n) is 8.80. The third-order valence-corrected chi connectivity index (χ3v) is 8.09. The van der Waals surface area contributed by atoms with Crippen molar-refractivity contribution in [3.63, 3.8) is 0 Å². The van der Waals surface area contributed by atoms with Gasteiger partial charge < -0.3 is 14.0 Å². The molecule has 0 spiro atoms. The molecule has 0 saturated heterocycles. The summed E-state index contributed by atoms with van der Waals surface area (Å²) in [6.07, 6.45) is 1.22. The van der Waals surface area contributed by atoms with E-state index in [-0.39, 0.29) is 18.9 Å². The third-order valence-electron chi connectivity index (χ3n) is 4.80. The molecule has 1 unspecified atom stereocenters. The van der Waals surface area contributed by atoms with Crippen LogP contribution in [0.15, 0.2) is 67.3 Å². The first-order valence-electron chi connectivity index (χ1n) is 11.2.